The van der Waals surface area contributed by atoms with Crippen LogP contribution in [0.2, 0.25) is 5.02 Å². The molecule has 1 aliphatic carbocycles. The van der Waals surface area contributed by atoms with E-state index in [1.807, 2.05) is 6.92 Å². The summed E-state index contributed by atoms with van der Waals surface area (Å²) < 4.78 is 14.6. The summed E-state index contributed by atoms with van der Waals surface area (Å²) in [6, 6.07) is 4.65. The minimum atomic E-state index is -0.353. The molecule has 1 aromatic carbocycles. The van der Waals surface area contributed by atoms with E-state index in [9.17, 15) is 4.39 Å². The van der Waals surface area contributed by atoms with E-state index >= 15 is 0 Å². The molecule has 1 heterocycles. The molecule has 1 aromatic heterocycles. The number of benzene rings is 1. The Labute approximate surface area is 120 Å². The van der Waals surface area contributed by atoms with Crippen LogP contribution in [0, 0.1) is 17.4 Å². The quantitative estimate of drug-likeness (QED) is 0.807. The van der Waals surface area contributed by atoms with Crippen LogP contribution in [0.3, 0.4) is 0 Å². The summed E-state index contributed by atoms with van der Waals surface area (Å²) in [5, 5.41) is 0.383. The number of rotatable bonds is 2. The first-order valence-corrected chi connectivity index (χ1v) is 6.91. The molecule has 1 fully saturated rings. The molecule has 19 heavy (non-hydrogen) atoms. The van der Waals surface area contributed by atoms with Gasteiger partial charge in [0.05, 0.1) is 5.69 Å². The van der Waals surface area contributed by atoms with Crippen LogP contribution in [0.4, 0.5) is 4.39 Å². The van der Waals surface area contributed by atoms with Crippen LogP contribution < -0.4 is 0 Å². The van der Waals surface area contributed by atoms with Crippen molar-refractivity contribution in [2.45, 2.75) is 25.7 Å². The fourth-order valence-electron chi connectivity index (χ4n) is 2.06. The molecular weight excluding hydrogens is 283 g/mol. The molecule has 0 spiro atoms. The van der Waals surface area contributed by atoms with E-state index in [4.69, 9.17) is 23.8 Å². The van der Waals surface area contributed by atoms with Gasteiger partial charge in [0.2, 0.25) is 0 Å². The number of aromatic nitrogens is 2. The highest BCUT2D eigenvalue weighted by molar-refractivity contribution is 7.71. The van der Waals surface area contributed by atoms with E-state index in [0.717, 1.165) is 24.2 Å². The van der Waals surface area contributed by atoms with Gasteiger partial charge in [0.25, 0.3) is 0 Å². The molecule has 2 aromatic rings. The van der Waals surface area contributed by atoms with Crippen molar-refractivity contribution in [1.82, 2.24) is 9.97 Å². The van der Waals surface area contributed by atoms with Gasteiger partial charge in [0.15, 0.2) is 0 Å². The summed E-state index contributed by atoms with van der Waals surface area (Å²) in [6.07, 6.45) is 2.23. The van der Waals surface area contributed by atoms with E-state index in [1.165, 1.54) is 6.07 Å². The lowest BCUT2D eigenvalue weighted by molar-refractivity contribution is 0.630. The Morgan fingerprint density at radius 2 is 2.16 bits per heavy atom. The molecule has 0 saturated heterocycles. The van der Waals surface area contributed by atoms with Crippen molar-refractivity contribution in [1.29, 1.82) is 0 Å². The molecule has 0 aliphatic heterocycles. The fraction of sp³-hybridized carbons (Fsp3) is 0.286. The molecule has 0 unspecified atom stereocenters. The standard InChI is InChI=1S/C14H12ClFN2S/c1-7-12(10-5-4-9(15)6-11(10)16)17-13(8-2-3-8)18-14(7)19/h4-6,8H,2-3H2,1H3,(H,17,18,19). The summed E-state index contributed by atoms with van der Waals surface area (Å²) in [6.45, 7) is 1.85. The molecule has 1 saturated carbocycles. The number of hydrogen-bond acceptors (Lipinski definition) is 2. The minimum Gasteiger partial charge on any atom is -0.343 e. The Balaban J connectivity index is 2.20. The van der Waals surface area contributed by atoms with E-state index in [0.29, 0.717) is 26.8 Å². The second-order valence-electron chi connectivity index (χ2n) is 4.83. The van der Waals surface area contributed by atoms with Crippen LogP contribution in [0.15, 0.2) is 18.2 Å². The molecule has 0 bridgehead atoms. The molecule has 3 rings (SSSR count). The lowest BCUT2D eigenvalue weighted by Crippen LogP contribution is -2.00. The smallest absolute Gasteiger partial charge is 0.134 e. The van der Waals surface area contributed by atoms with Gasteiger partial charge < -0.3 is 4.98 Å². The predicted molar refractivity (Wildman–Crippen MR) is 76.5 cm³/mol. The predicted octanol–water partition coefficient (Wildman–Crippen LogP) is 4.78. The molecule has 1 aliphatic rings. The Morgan fingerprint density at radius 3 is 2.79 bits per heavy atom. The van der Waals surface area contributed by atoms with Crippen LogP contribution in [-0.4, -0.2) is 9.97 Å². The molecule has 0 radical (unpaired) electrons. The summed E-state index contributed by atoms with van der Waals surface area (Å²) >= 11 is 11.0. The van der Waals surface area contributed by atoms with Crippen molar-refractivity contribution < 1.29 is 4.39 Å². The van der Waals surface area contributed by atoms with Crippen molar-refractivity contribution in [3.05, 3.63) is 45.1 Å². The highest BCUT2D eigenvalue weighted by atomic mass is 35.5. The number of nitrogens with zero attached hydrogens (tertiary/aromatic N) is 1. The molecule has 0 atom stereocenters. The first-order valence-electron chi connectivity index (χ1n) is 6.12. The lowest BCUT2D eigenvalue weighted by Gasteiger charge is -2.10. The molecule has 1 N–H and O–H groups in total. The SMILES string of the molecule is Cc1c(-c2ccc(Cl)cc2F)[nH]c(C2CC2)nc1=S. The zero-order valence-electron chi connectivity index (χ0n) is 10.3. The van der Waals surface area contributed by atoms with Gasteiger partial charge in [-0.25, -0.2) is 9.37 Å². The number of H-pyrrole nitrogens is 1. The maximum atomic E-state index is 14.0. The lowest BCUT2D eigenvalue weighted by atomic mass is 10.1. The Morgan fingerprint density at radius 1 is 1.42 bits per heavy atom. The maximum absolute atomic E-state index is 14.0. The second-order valence-corrected chi connectivity index (χ2v) is 5.65. The molecular formula is C14H12ClFN2S. The topological polar surface area (TPSA) is 28.7 Å². The summed E-state index contributed by atoms with van der Waals surface area (Å²) in [7, 11) is 0. The van der Waals surface area contributed by atoms with Crippen molar-refractivity contribution >= 4 is 23.8 Å². The summed E-state index contributed by atoms with van der Waals surface area (Å²) in [5.74, 6) is 0.950. The third-order valence-electron chi connectivity index (χ3n) is 3.34. The van der Waals surface area contributed by atoms with Gasteiger partial charge in [0, 0.05) is 22.1 Å². The summed E-state index contributed by atoms with van der Waals surface area (Å²) in [4.78, 5) is 7.61. The molecule has 98 valence electrons. The van der Waals surface area contributed by atoms with Crippen molar-refractivity contribution in [3.63, 3.8) is 0 Å². The Hall–Kier alpha value is -1.26. The molecule has 2 nitrogen and oxygen atoms in total. The Kier molecular flexibility index (Phi) is 3.15. The normalized spacial score (nSPS) is 14.7. The zero-order valence-corrected chi connectivity index (χ0v) is 11.9. The first-order chi connectivity index (χ1) is 9.06. The summed E-state index contributed by atoms with van der Waals surface area (Å²) in [5.41, 5.74) is 1.98. The average molecular weight is 295 g/mol. The highest BCUT2D eigenvalue weighted by Gasteiger charge is 2.27. The minimum absolute atomic E-state index is 0.353. The second kappa shape index (κ2) is 4.69. The van der Waals surface area contributed by atoms with Crippen LogP contribution in [0.1, 0.15) is 30.1 Å². The monoisotopic (exact) mass is 294 g/mol. The largest absolute Gasteiger partial charge is 0.343 e. The molecule has 5 heteroatoms. The van der Waals surface area contributed by atoms with Gasteiger partial charge in [-0.3, -0.25) is 0 Å². The van der Waals surface area contributed by atoms with Crippen LogP contribution >= 0.6 is 23.8 Å². The molecule has 0 amide bonds. The van der Waals surface area contributed by atoms with Gasteiger partial charge in [-0.2, -0.15) is 0 Å². The Bertz CT molecular complexity index is 707. The first kappa shape index (κ1) is 12.8. The maximum Gasteiger partial charge on any atom is 0.134 e. The van der Waals surface area contributed by atoms with E-state index in [1.54, 1.807) is 12.1 Å². The number of halogens is 2. The van der Waals surface area contributed by atoms with E-state index in [2.05, 4.69) is 9.97 Å². The zero-order chi connectivity index (χ0) is 13.6. The van der Waals surface area contributed by atoms with Gasteiger partial charge >= 0.3 is 0 Å². The number of hydrogen-bond donors (Lipinski definition) is 1. The van der Waals surface area contributed by atoms with Crippen LogP contribution in [-0.2, 0) is 0 Å². The van der Waals surface area contributed by atoms with Crippen molar-refractivity contribution in [3.8, 4) is 11.3 Å². The van der Waals surface area contributed by atoms with Crippen LogP contribution in [0.25, 0.3) is 11.3 Å². The van der Waals surface area contributed by atoms with E-state index < -0.39 is 0 Å². The van der Waals surface area contributed by atoms with Gasteiger partial charge in [-0.15, -0.1) is 0 Å². The third kappa shape index (κ3) is 2.42. The number of aromatic amines is 1. The van der Waals surface area contributed by atoms with Gasteiger partial charge in [-0.1, -0.05) is 23.8 Å². The highest BCUT2D eigenvalue weighted by Crippen LogP contribution is 2.39. The van der Waals surface area contributed by atoms with E-state index in [-0.39, 0.29) is 5.82 Å². The van der Waals surface area contributed by atoms with Gasteiger partial charge in [0.1, 0.15) is 16.3 Å². The average Bonchev–Trinajstić information content (AvgIpc) is 3.17. The van der Waals surface area contributed by atoms with Crippen LogP contribution in [0.5, 0.6) is 0 Å². The third-order valence-corrected chi connectivity index (χ3v) is 3.97. The fourth-order valence-corrected chi connectivity index (χ4v) is 2.42. The number of nitrogens with one attached hydrogen (secondary N) is 1. The van der Waals surface area contributed by atoms with Gasteiger partial charge in [-0.05, 0) is 38.0 Å². The van der Waals surface area contributed by atoms with Crippen molar-refractivity contribution in [2.75, 3.05) is 0 Å². The van der Waals surface area contributed by atoms with Crippen molar-refractivity contribution in [2.24, 2.45) is 0 Å².